The largest absolute Gasteiger partial charge is 0.423 e. The Morgan fingerprint density at radius 3 is 2.92 bits per heavy atom. The van der Waals surface area contributed by atoms with Gasteiger partial charge in [0, 0.05) is 47.4 Å². The fraction of sp³-hybridized carbons (Fsp3) is 0.111. The van der Waals surface area contributed by atoms with Crippen LogP contribution in [-0.2, 0) is 7.05 Å². The molecule has 8 heteroatoms. The minimum atomic E-state index is -0.418. The van der Waals surface area contributed by atoms with Crippen LogP contribution in [0.25, 0.3) is 21.5 Å². The fourth-order valence-electron chi connectivity index (χ4n) is 2.64. The monoisotopic (exact) mass is 366 g/mol. The van der Waals surface area contributed by atoms with Crippen molar-refractivity contribution in [1.82, 2.24) is 14.8 Å². The lowest BCUT2D eigenvalue weighted by Gasteiger charge is -2.05. The van der Waals surface area contributed by atoms with Gasteiger partial charge in [-0.15, -0.1) is 11.3 Å². The van der Waals surface area contributed by atoms with Crippen LogP contribution in [0.5, 0.6) is 0 Å². The summed E-state index contributed by atoms with van der Waals surface area (Å²) in [5, 5.41) is 10.1. The molecule has 26 heavy (non-hydrogen) atoms. The lowest BCUT2D eigenvalue weighted by molar-refractivity contribution is 0.102. The number of nitrogens with one attached hydrogen (secondary N) is 1. The maximum Gasteiger partial charge on any atom is 0.336 e. The van der Waals surface area contributed by atoms with Crippen molar-refractivity contribution in [2.45, 2.75) is 6.92 Å². The number of carbonyl (C=O) groups excluding carboxylic acids is 1. The molecular formula is C18H14N4O3S. The molecule has 0 unspecified atom stereocenters. The second-order valence-corrected chi connectivity index (χ2v) is 6.71. The molecule has 1 N–H and O–H groups in total. The van der Waals surface area contributed by atoms with E-state index in [0.29, 0.717) is 17.0 Å². The molecule has 7 nitrogen and oxygen atoms in total. The highest BCUT2D eigenvalue weighted by atomic mass is 32.1. The smallest absolute Gasteiger partial charge is 0.336 e. The molecular weight excluding hydrogens is 352 g/mol. The van der Waals surface area contributed by atoms with Crippen molar-refractivity contribution in [3.05, 3.63) is 63.7 Å². The number of anilines is 1. The predicted molar refractivity (Wildman–Crippen MR) is 99.5 cm³/mol. The molecule has 1 amide bonds. The molecule has 0 aliphatic heterocycles. The lowest BCUT2D eigenvalue weighted by atomic mass is 10.1. The van der Waals surface area contributed by atoms with E-state index >= 15 is 0 Å². The van der Waals surface area contributed by atoms with Gasteiger partial charge in [-0.2, -0.15) is 5.10 Å². The molecule has 3 heterocycles. The van der Waals surface area contributed by atoms with Crippen LogP contribution in [0.2, 0.25) is 0 Å². The van der Waals surface area contributed by atoms with Crippen LogP contribution in [0.4, 0.5) is 5.69 Å². The van der Waals surface area contributed by atoms with Gasteiger partial charge in [0.25, 0.3) is 5.91 Å². The maximum absolute atomic E-state index is 12.5. The molecule has 0 saturated carbocycles. The van der Waals surface area contributed by atoms with E-state index in [1.165, 1.54) is 17.4 Å². The molecule has 130 valence electrons. The van der Waals surface area contributed by atoms with Crippen LogP contribution in [0.15, 0.2) is 51.3 Å². The Bertz CT molecular complexity index is 1190. The van der Waals surface area contributed by atoms with Gasteiger partial charge >= 0.3 is 5.63 Å². The zero-order valence-corrected chi connectivity index (χ0v) is 14.8. The van der Waals surface area contributed by atoms with Gasteiger partial charge < -0.3 is 9.73 Å². The molecule has 3 aromatic heterocycles. The third-order valence-corrected chi connectivity index (χ3v) is 4.79. The Hall–Kier alpha value is -3.26. The number of aryl methyl sites for hydroxylation is 2. The van der Waals surface area contributed by atoms with Crippen molar-refractivity contribution in [3.8, 4) is 10.6 Å². The van der Waals surface area contributed by atoms with Crippen molar-refractivity contribution in [2.24, 2.45) is 7.05 Å². The summed E-state index contributed by atoms with van der Waals surface area (Å²) < 4.78 is 6.89. The van der Waals surface area contributed by atoms with Crippen LogP contribution in [0, 0.1) is 6.92 Å². The van der Waals surface area contributed by atoms with Crippen molar-refractivity contribution in [3.63, 3.8) is 0 Å². The van der Waals surface area contributed by atoms with Crippen LogP contribution in [-0.4, -0.2) is 20.7 Å². The molecule has 0 aliphatic carbocycles. The van der Waals surface area contributed by atoms with Gasteiger partial charge in [0.15, 0.2) is 0 Å². The molecule has 0 aliphatic rings. The van der Waals surface area contributed by atoms with Crippen molar-refractivity contribution < 1.29 is 9.21 Å². The first-order valence-electron chi connectivity index (χ1n) is 7.80. The van der Waals surface area contributed by atoms with Gasteiger partial charge in [0.1, 0.15) is 16.3 Å². The molecule has 0 saturated heterocycles. The third kappa shape index (κ3) is 3.02. The van der Waals surface area contributed by atoms with Crippen LogP contribution in [0.1, 0.15) is 16.1 Å². The first-order valence-corrected chi connectivity index (χ1v) is 8.68. The predicted octanol–water partition coefficient (Wildman–Crippen LogP) is 3.21. The topological polar surface area (TPSA) is 90.0 Å². The average Bonchev–Trinajstić information content (AvgIpc) is 3.23. The number of hydrogen-bond acceptors (Lipinski definition) is 6. The zero-order chi connectivity index (χ0) is 18.3. The summed E-state index contributed by atoms with van der Waals surface area (Å²) in [5.41, 5.74) is 2.56. The standard InChI is InChI=1S/C18H14N4O3S/c1-10-5-16(23)25-15-6-12(3-4-13(10)15)20-17(24)14-9-26-18(21-14)11-7-19-22(2)8-11/h3-9H,1-2H3,(H,20,24). The van der Waals surface area contributed by atoms with Crippen molar-refractivity contribution >= 4 is 33.9 Å². The van der Waals surface area contributed by atoms with E-state index < -0.39 is 5.63 Å². The summed E-state index contributed by atoms with van der Waals surface area (Å²) >= 11 is 1.38. The third-order valence-electron chi connectivity index (χ3n) is 3.90. The number of hydrogen-bond donors (Lipinski definition) is 1. The van der Waals surface area contributed by atoms with Gasteiger partial charge in [-0.25, -0.2) is 9.78 Å². The Morgan fingerprint density at radius 1 is 1.31 bits per heavy atom. The number of benzene rings is 1. The number of amides is 1. The van der Waals surface area contributed by atoms with Crippen LogP contribution in [0.3, 0.4) is 0 Å². The highest BCUT2D eigenvalue weighted by Crippen LogP contribution is 2.24. The number of carbonyl (C=O) groups is 1. The molecule has 4 aromatic rings. The highest BCUT2D eigenvalue weighted by Gasteiger charge is 2.14. The van der Waals surface area contributed by atoms with Crippen molar-refractivity contribution in [2.75, 3.05) is 5.32 Å². The van der Waals surface area contributed by atoms with E-state index in [4.69, 9.17) is 4.42 Å². The minimum absolute atomic E-state index is 0.319. The second-order valence-electron chi connectivity index (χ2n) is 5.85. The van der Waals surface area contributed by atoms with E-state index in [1.807, 2.05) is 26.2 Å². The first-order chi connectivity index (χ1) is 12.5. The van der Waals surface area contributed by atoms with E-state index in [2.05, 4.69) is 15.4 Å². The van der Waals surface area contributed by atoms with Gasteiger partial charge in [0.05, 0.1) is 6.20 Å². The molecule has 0 fully saturated rings. The Labute approximate surface area is 151 Å². The summed E-state index contributed by atoms with van der Waals surface area (Å²) in [6.45, 7) is 1.84. The number of thiazole rings is 1. The van der Waals surface area contributed by atoms with E-state index in [0.717, 1.165) is 21.5 Å². The maximum atomic E-state index is 12.5. The molecule has 4 rings (SSSR count). The summed E-state index contributed by atoms with van der Waals surface area (Å²) in [6, 6.07) is 6.65. The van der Waals surface area contributed by atoms with Crippen LogP contribution < -0.4 is 10.9 Å². The Balaban J connectivity index is 1.59. The molecule has 0 atom stereocenters. The fourth-order valence-corrected chi connectivity index (χ4v) is 3.42. The number of rotatable bonds is 3. The average molecular weight is 366 g/mol. The molecule has 1 aromatic carbocycles. The molecule has 0 radical (unpaired) electrons. The van der Waals surface area contributed by atoms with E-state index in [1.54, 1.807) is 28.4 Å². The summed E-state index contributed by atoms with van der Waals surface area (Å²) in [4.78, 5) is 28.3. The zero-order valence-electron chi connectivity index (χ0n) is 14.0. The molecule has 0 spiro atoms. The van der Waals surface area contributed by atoms with Gasteiger partial charge in [0.2, 0.25) is 0 Å². The quantitative estimate of drug-likeness (QED) is 0.562. The molecule has 0 bridgehead atoms. The van der Waals surface area contributed by atoms with Gasteiger partial charge in [-0.05, 0) is 24.6 Å². The minimum Gasteiger partial charge on any atom is -0.423 e. The number of fused-ring (bicyclic) bond motifs is 1. The number of aromatic nitrogens is 3. The Kier molecular flexibility index (Phi) is 3.89. The summed E-state index contributed by atoms with van der Waals surface area (Å²) in [6.07, 6.45) is 3.54. The lowest BCUT2D eigenvalue weighted by Crippen LogP contribution is -2.12. The first kappa shape index (κ1) is 16.2. The van der Waals surface area contributed by atoms with Crippen molar-refractivity contribution in [1.29, 1.82) is 0 Å². The Morgan fingerprint density at radius 2 is 2.15 bits per heavy atom. The normalized spacial score (nSPS) is 11.0. The van der Waals surface area contributed by atoms with Crippen LogP contribution >= 0.6 is 11.3 Å². The van der Waals surface area contributed by atoms with Gasteiger partial charge in [-0.3, -0.25) is 9.48 Å². The SMILES string of the molecule is Cc1cc(=O)oc2cc(NC(=O)c3csc(-c4cnn(C)c4)n3)ccc12. The summed E-state index contributed by atoms with van der Waals surface area (Å²) in [5.74, 6) is -0.328. The highest BCUT2D eigenvalue weighted by molar-refractivity contribution is 7.13. The second kappa shape index (κ2) is 6.23. The van der Waals surface area contributed by atoms with Gasteiger partial charge in [-0.1, -0.05) is 0 Å². The summed E-state index contributed by atoms with van der Waals surface area (Å²) in [7, 11) is 1.82. The van der Waals surface area contributed by atoms with E-state index in [-0.39, 0.29) is 5.91 Å². The number of nitrogens with zero attached hydrogens (tertiary/aromatic N) is 3. The van der Waals surface area contributed by atoms with E-state index in [9.17, 15) is 9.59 Å².